The van der Waals surface area contributed by atoms with Gasteiger partial charge in [-0.1, -0.05) is 18.6 Å². The molecule has 1 saturated heterocycles. The first-order chi connectivity index (χ1) is 9.46. The van der Waals surface area contributed by atoms with E-state index in [9.17, 15) is 4.39 Å². The molecule has 1 aliphatic rings. The summed E-state index contributed by atoms with van der Waals surface area (Å²) in [6.45, 7) is 8.73. The summed E-state index contributed by atoms with van der Waals surface area (Å²) < 4.78 is 13.5. The van der Waals surface area contributed by atoms with Crippen LogP contribution in [0.25, 0.3) is 0 Å². The van der Waals surface area contributed by atoms with Crippen LogP contribution in [-0.2, 0) is 0 Å². The number of nitrogens with one attached hydrogen (secondary N) is 1. The number of nitrogens with zero attached hydrogens (tertiary/aromatic N) is 1. The van der Waals surface area contributed by atoms with E-state index in [1.165, 1.54) is 24.8 Å². The van der Waals surface area contributed by atoms with Crippen LogP contribution < -0.4 is 5.32 Å². The third-order valence-electron chi connectivity index (χ3n) is 4.68. The topological polar surface area (TPSA) is 15.3 Å². The molecule has 112 valence electrons. The first-order valence-corrected chi connectivity index (χ1v) is 7.65. The van der Waals surface area contributed by atoms with E-state index in [0.717, 1.165) is 18.7 Å². The molecule has 0 amide bonds. The minimum absolute atomic E-state index is 0.0272. The number of piperidine rings is 1. The maximum Gasteiger partial charge on any atom is 0.126 e. The molecule has 0 saturated carbocycles. The van der Waals surface area contributed by atoms with Crippen molar-refractivity contribution in [3.63, 3.8) is 0 Å². The van der Waals surface area contributed by atoms with Gasteiger partial charge in [-0.05, 0) is 70.9 Å². The fourth-order valence-corrected chi connectivity index (χ4v) is 3.43. The van der Waals surface area contributed by atoms with Crippen LogP contribution in [0.5, 0.6) is 0 Å². The van der Waals surface area contributed by atoms with Crippen LogP contribution in [0.2, 0.25) is 0 Å². The molecule has 0 bridgehead atoms. The Hall–Kier alpha value is -0.930. The third-order valence-corrected chi connectivity index (χ3v) is 4.68. The van der Waals surface area contributed by atoms with Crippen LogP contribution in [0, 0.1) is 12.7 Å². The Balaban J connectivity index is 2.27. The second kappa shape index (κ2) is 6.23. The van der Waals surface area contributed by atoms with E-state index in [0.29, 0.717) is 0 Å². The van der Waals surface area contributed by atoms with Crippen LogP contribution in [-0.4, -0.2) is 30.6 Å². The molecule has 2 nitrogen and oxygen atoms in total. The van der Waals surface area contributed by atoms with Gasteiger partial charge in [0.1, 0.15) is 5.82 Å². The van der Waals surface area contributed by atoms with Gasteiger partial charge >= 0.3 is 0 Å². The Labute approximate surface area is 122 Å². The van der Waals surface area contributed by atoms with Gasteiger partial charge in [-0.2, -0.15) is 0 Å². The highest BCUT2D eigenvalue weighted by atomic mass is 19.1. The predicted octanol–water partition coefficient (Wildman–Crippen LogP) is 3.66. The molecule has 1 N–H and O–H groups in total. The molecule has 1 heterocycles. The van der Waals surface area contributed by atoms with E-state index >= 15 is 0 Å². The Kier molecular flexibility index (Phi) is 4.82. The summed E-state index contributed by atoms with van der Waals surface area (Å²) in [7, 11) is 2.00. The molecule has 1 aromatic rings. The second-order valence-corrected chi connectivity index (χ2v) is 6.43. The zero-order valence-electron chi connectivity index (χ0n) is 13.2. The van der Waals surface area contributed by atoms with E-state index in [2.05, 4.69) is 24.1 Å². The summed E-state index contributed by atoms with van der Waals surface area (Å²) in [4.78, 5) is 2.57. The van der Waals surface area contributed by atoms with Crippen molar-refractivity contribution >= 4 is 0 Å². The molecule has 0 radical (unpaired) electrons. The lowest BCUT2D eigenvalue weighted by molar-refractivity contribution is 0.0632. The SMILES string of the molecule is CNC(c1ccc(F)c(C)c1)C(C)(C)N1CCCCC1. The first-order valence-electron chi connectivity index (χ1n) is 7.65. The highest BCUT2D eigenvalue weighted by Gasteiger charge is 2.36. The number of aryl methyl sites for hydroxylation is 1. The zero-order valence-corrected chi connectivity index (χ0v) is 13.2. The summed E-state index contributed by atoms with van der Waals surface area (Å²) in [5, 5.41) is 3.44. The number of halogens is 1. The number of hydrogen-bond donors (Lipinski definition) is 1. The van der Waals surface area contributed by atoms with Crippen molar-refractivity contribution in [2.24, 2.45) is 0 Å². The van der Waals surface area contributed by atoms with Crippen LogP contribution >= 0.6 is 0 Å². The second-order valence-electron chi connectivity index (χ2n) is 6.43. The lowest BCUT2D eigenvalue weighted by atomic mass is 9.85. The monoisotopic (exact) mass is 278 g/mol. The summed E-state index contributed by atoms with van der Waals surface area (Å²) >= 11 is 0. The smallest absolute Gasteiger partial charge is 0.126 e. The average molecular weight is 278 g/mol. The highest BCUT2D eigenvalue weighted by molar-refractivity contribution is 5.28. The van der Waals surface area contributed by atoms with Gasteiger partial charge in [0.05, 0.1) is 0 Å². The molecule has 1 aromatic carbocycles. The first kappa shape index (κ1) is 15.5. The lowest BCUT2D eigenvalue weighted by Crippen LogP contribution is -2.53. The molecule has 1 fully saturated rings. The lowest BCUT2D eigenvalue weighted by Gasteiger charge is -2.46. The van der Waals surface area contributed by atoms with E-state index < -0.39 is 0 Å². The summed E-state index contributed by atoms with van der Waals surface area (Å²) in [6, 6.07) is 5.68. The fourth-order valence-electron chi connectivity index (χ4n) is 3.43. The molecule has 0 spiro atoms. The van der Waals surface area contributed by atoms with E-state index in [-0.39, 0.29) is 17.4 Å². The van der Waals surface area contributed by atoms with Gasteiger partial charge in [-0.15, -0.1) is 0 Å². The van der Waals surface area contributed by atoms with Crippen LogP contribution in [0.1, 0.15) is 50.3 Å². The maximum absolute atomic E-state index is 13.5. The summed E-state index contributed by atoms with van der Waals surface area (Å²) in [6.07, 6.45) is 3.90. The number of hydrogen-bond acceptors (Lipinski definition) is 2. The summed E-state index contributed by atoms with van der Waals surface area (Å²) in [5.41, 5.74) is 1.92. The van der Waals surface area contributed by atoms with Gasteiger partial charge in [0.25, 0.3) is 0 Å². The minimum atomic E-state index is -0.126. The molecule has 0 aliphatic carbocycles. The van der Waals surface area contributed by atoms with Crippen molar-refractivity contribution in [3.8, 4) is 0 Å². The van der Waals surface area contributed by atoms with Gasteiger partial charge in [0.2, 0.25) is 0 Å². The molecule has 1 aliphatic heterocycles. The molecule has 1 atom stereocenters. The van der Waals surface area contributed by atoms with Crippen molar-refractivity contribution in [1.82, 2.24) is 10.2 Å². The Bertz CT molecular complexity index is 450. The van der Waals surface area contributed by atoms with E-state index in [1.54, 1.807) is 6.07 Å². The highest BCUT2D eigenvalue weighted by Crippen LogP contribution is 2.33. The normalized spacial score (nSPS) is 19.1. The van der Waals surface area contributed by atoms with Crippen molar-refractivity contribution in [2.45, 2.75) is 51.6 Å². The third kappa shape index (κ3) is 3.04. The molecule has 1 unspecified atom stereocenters. The average Bonchev–Trinajstić information content (AvgIpc) is 2.44. The quantitative estimate of drug-likeness (QED) is 0.904. The fraction of sp³-hybridized carbons (Fsp3) is 0.647. The molecular weight excluding hydrogens is 251 g/mol. The standard InChI is InChI=1S/C17H27FN2/c1-13-12-14(8-9-15(13)18)16(19-4)17(2,3)20-10-6-5-7-11-20/h8-9,12,16,19H,5-7,10-11H2,1-4H3. The van der Waals surface area contributed by atoms with Crippen molar-refractivity contribution < 1.29 is 4.39 Å². The van der Waals surface area contributed by atoms with Gasteiger partial charge in [-0.3, -0.25) is 4.90 Å². The Morgan fingerprint density at radius 1 is 1.20 bits per heavy atom. The maximum atomic E-state index is 13.5. The van der Waals surface area contributed by atoms with Crippen LogP contribution in [0.3, 0.4) is 0 Å². The zero-order chi connectivity index (χ0) is 14.8. The molecule has 2 rings (SSSR count). The van der Waals surface area contributed by atoms with Crippen molar-refractivity contribution in [1.29, 1.82) is 0 Å². The van der Waals surface area contributed by atoms with Gasteiger partial charge in [-0.25, -0.2) is 4.39 Å². The molecule has 20 heavy (non-hydrogen) atoms. The van der Waals surface area contributed by atoms with Gasteiger partial charge < -0.3 is 5.32 Å². The van der Waals surface area contributed by atoms with E-state index in [1.807, 2.05) is 26.1 Å². The van der Waals surface area contributed by atoms with Gasteiger partial charge in [0, 0.05) is 11.6 Å². The largest absolute Gasteiger partial charge is 0.311 e. The van der Waals surface area contributed by atoms with E-state index in [4.69, 9.17) is 0 Å². The molecular formula is C17H27FN2. The summed E-state index contributed by atoms with van der Waals surface area (Å²) in [5.74, 6) is -0.126. The number of likely N-dealkylation sites (tertiary alicyclic amines) is 1. The van der Waals surface area contributed by atoms with Crippen molar-refractivity contribution in [2.75, 3.05) is 20.1 Å². The predicted molar refractivity (Wildman–Crippen MR) is 82.4 cm³/mol. The minimum Gasteiger partial charge on any atom is -0.311 e. The Morgan fingerprint density at radius 3 is 2.40 bits per heavy atom. The number of rotatable bonds is 4. The van der Waals surface area contributed by atoms with Crippen LogP contribution in [0.4, 0.5) is 4.39 Å². The molecule has 0 aromatic heterocycles. The number of likely N-dealkylation sites (N-methyl/N-ethyl adjacent to an activating group) is 1. The molecule has 3 heteroatoms. The Morgan fingerprint density at radius 2 is 1.85 bits per heavy atom. The number of benzene rings is 1. The van der Waals surface area contributed by atoms with Crippen LogP contribution in [0.15, 0.2) is 18.2 Å². The van der Waals surface area contributed by atoms with Gasteiger partial charge in [0.15, 0.2) is 0 Å². The van der Waals surface area contributed by atoms with Crippen molar-refractivity contribution in [3.05, 3.63) is 35.1 Å².